The first-order chi connectivity index (χ1) is 10.9. The molecule has 0 saturated carbocycles. The van der Waals surface area contributed by atoms with Crippen molar-refractivity contribution in [2.75, 3.05) is 5.32 Å². The Balaban J connectivity index is 1.96. The number of hydrogen-bond acceptors (Lipinski definition) is 8. The summed E-state index contributed by atoms with van der Waals surface area (Å²) in [4.78, 5) is 23.5. The van der Waals surface area contributed by atoms with Gasteiger partial charge in [0.25, 0.3) is 11.1 Å². The van der Waals surface area contributed by atoms with E-state index in [4.69, 9.17) is 10.5 Å². The van der Waals surface area contributed by atoms with Gasteiger partial charge in [0.15, 0.2) is 4.34 Å². The molecule has 2 amide bonds. The summed E-state index contributed by atoms with van der Waals surface area (Å²) >= 11 is 3.82. The van der Waals surface area contributed by atoms with E-state index in [2.05, 4.69) is 15.5 Å². The molecule has 0 bridgehead atoms. The van der Waals surface area contributed by atoms with Crippen LogP contribution in [0.4, 0.5) is 5.00 Å². The molecule has 0 spiro atoms. The SMILES string of the molecule is CC(C)Oc1nnc(S[C@@H](C)C(=O)Nc2sccc2C(N)=O)s1. The van der Waals surface area contributed by atoms with E-state index in [1.165, 1.54) is 34.4 Å². The molecule has 10 heteroatoms. The highest BCUT2D eigenvalue weighted by molar-refractivity contribution is 8.02. The number of carbonyl (C=O) groups is 2. The van der Waals surface area contributed by atoms with Crippen molar-refractivity contribution in [1.82, 2.24) is 10.2 Å². The molecule has 124 valence electrons. The lowest BCUT2D eigenvalue weighted by atomic mass is 10.3. The fourth-order valence-electron chi connectivity index (χ4n) is 1.51. The lowest BCUT2D eigenvalue weighted by Crippen LogP contribution is -2.23. The summed E-state index contributed by atoms with van der Waals surface area (Å²) in [6.45, 7) is 5.56. The Morgan fingerprint density at radius 1 is 1.35 bits per heavy atom. The van der Waals surface area contributed by atoms with Gasteiger partial charge in [0.1, 0.15) is 5.00 Å². The van der Waals surface area contributed by atoms with Crippen molar-refractivity contribution < 1.29 is 14.3 Å². The van der Waals surface area contributed by atoms with Gasteiger partial charge in [0, 0.05) is 0 Å². The van der Waals surface area contributed by atoms with Gasteiger partial charge in [-0.15, -0.1) is 16.4 Å². The maximum Gasteiger partial charge on any atom is 0.295 e. The van der Waals surface area contributed by atoms with Gasteiger partial charge in [0.05, 0.1) is 16.9 Å². The highest BCUT2D eigenvalue weighted by Gasteiger charge is 2.20. The minimum Gasteiger partial charge on any atom is -0.466 e. The van der Waals surface area contributed by atoms with Crippen LogP contribution >= 0.6 is 34.4 Å². The first-order valence-corrected chi connectivity index (χ1v) is 9.29. The monoisotopic (exact) mass is 372 g/mol. The number of rotatable bonds is 7. The van der Waals surface area contributed by atoms with Crippen molar-refractivity contribution in [3.8, 4) is 5.19 Å². The highest BCUT2D eigenvalue weighted by Crippen LogP contribution is 2.31. The van der Waals surface area contributed by atoms with Crippen LogP contribution in [-0.4, -0.2) is 33.4 Å². The summed E-state index contributed by atoms with van der Waals surface area (Å²) in [5.41, 5.74) is 5.57. The van der Waals surface area contributed by atoms with Crippen molar-refractivity contribution in [1.29, 1.82) is 0 Å². The average Bonchev–Trinajstić information content (AvgIpc) is 3.07. The van der Waals surface area contributed by atoms with Gasteiger partial charge in [-0.3, -0.25) is 9.59 Å². The van der Waals surface area contributed by atoms with E-state index in [1.54, 1.807) is 18.4 Å². The summed E-state index contributed by atoms with van der Waals surface area (Å²) in [6, 6.07) is 1.58. The van der Waals surface area contributed by atoms with Gasteiger partial charge in [-0.1, -0.05) is 16.9 Å². The molecule has 0 aliphatic carbocycles. The number of nitrogens with zero attached hydrogens (tertiary/aromatic N) is 2. The van der Waals surface area contributed by atoms with E-state index < -0.39 is 11.2 Å². The van der Waals surface area contributed by atoms with Gasteiger partial charge >= 0.3 is 0 Å². The summed E-state index contributed by atoms with van der Waals surface area (Å²) in [6.07, 6.45) is 0.0209. The lowest BCUT2D eigenvalue weighted by molar-refractivity contribution is -0.115. The Bertz CT molecular complexity index is 698. The van der Waals surface area contributed by atoms with Gasteiger partial charge in [0.2, 0.25) is 5.91 Å². The van der Waals surface area contributed by atoms with Crippen LogP contribution in [0.5, 0.6) is 5.19 Å². The van der Waals surface area contributed by atoms with E-state index in [0.29, 0.717) is 20.1 Å². The molecule has 0 saturated heterocycles. The highest BCUT2D eigenvalue weighted by atomic mass is 32.2. The third-order valence-electron chi connectivity index (χ3n) is 2.54. The number of aromatic nitrogens is 2. The van der Waals surface area contributed by atoms with Crippen molar-refractivity contribution in [2.45, 2.75) is 36.5 Å². The first-order valence-electron chi connectivity index (χ1n) is 6.71. The van der Waals surface area contributed by atoms with Gasteiger partial charge in [-0.05, 0) is 43.6 Å². The van der Waals surface area contributed by atoms with E-state index in [-0.39, 0.29) is 12.0 Å². The van der Waals surface area contributed by atoms with Crippen LogP contribution in [0.1, 0.15) is 31.1 Å². The van der Waals surface area contributed by atoms with Crippen LogP contribution < -0.4 is 15.8 Å². The quantitative estimate of drug-likeness (QED) is 0.724. The molecule has 23 heavy (non-hydrogen) atoms. The van der Waals surface area contributed by atoms with E-state index in [9.17, 15) is 9.59 Å². The fourth-order valence-corrected chi connectivity index (χ4v) is 4.26. The molecule has 0 aromatic carbocycles. The summed E-state index contributed by atoms with van der Waals surface area (Å²) in [5.74, 6) is -0.803. The molecule has 2 rings (SSSR count). The Hall–Kier alpha value is -1.65. The van der Waals surface area contributed by atoms with Crippen LogP contribution in [0.25, 0.3) is 0 Å². The molecule has 1 atom stereocenters. The van der Waals surface area contributed by atoms with Gasteiger partial charge in [-0.2, -0.15) is 0 Å². The zero-order valence-corrected chi connectivity index (χ0v) is 15.2. The Morgan fingerprint density at radius 2 is 2.09 bits per heavy atom. The molecular weight excluding hydrogens is 356 g/mol. The molecule has 0 unspecified atom stereocenters. The van der Waals surface area contributed by atoms with Crippen molar-refractivity contribution >= 4 is 51.3 Å². The molecule has 3 N–H and O–H groups in total. The Morgan fingerprint density at radius 3 is 2.74 bits per heavy atom. The van der Waals surface area contributed by atoms with Crippen LogP contribution in [-0.2, 0) is 4.79 Å². The predicted octanol–water partition coefficient (Wildman–Crippen LogP) is 2.60. The molecule has 2 aromatic rings. The summed E-state index contributed by atoms with van der Waals surface area (Å²) in [7, 11) is 0. The number of ether oxygens (including phenoxy) is 1. The number of nitrogens with one attached hydrogen (secondary N) is 1. The Kier molecular flexibility index (Phi) is 5.97. The number of primary amides is 1. The molecule has 0 aliphatic rings. The van der Waals surface area contributed by atoms with Gasteiger partial charge < -0.3 is 15.8 Å². The minimum absolute atomic E-state index is 0.0209. The third-order valence-corrected chi connectivity index (χ3v) is 5.37. The molecule has 2 heterocycles. The second kappa shape index (κ2) is 7.75. The summed E-state index contributed by atoms with van der Waals surface area (Å²) in [5, 5.41) is 12.8. The van der Waals surface area contributed by atoms with Crippen molar-refractivity contribution in [2.24, 2.45) is 5.73 Å². The maximum absolute atomic E-state index is 12.2. The van der Waals surface area contributed by atoms with Crippen LogP contribution in [0.15, 0.2) is 15.8 Å². The molecular formula is C13H16N4O3S3. The largest absolute Gasteiger partial charge is 0.466 e. The molecule has 2 aromatic heterocycles. The second-order valence-corrected chi connectivity index (χ2v) is 8.22. The molecule has 0 fully saturated rings. The van der Waals surface area contributed by atoms with Crippen LogP contribution in [0.3, 0.4) is 0 Å². The standard InChI is InChI=1S/C13H16N4O3S3/c1-6(2)20-12-16-17-13(23-12)22-7(3)10(19)15-11-8(9(14)18)4-5-21-11/h4-7H,1-3H3,(H2,14,18)(H,15,19)/t7-/m0/s1. The van der Waals surface area contributed by atoms with E-state index in [1.807, 2.05) is 13.8 Å². The van der Waals surface area contributed by atoms with E-state index >= 15 is 0 Å². The number of amides is 2. The number of thioether (sulfide) groups is 1. The molecule has 0 radical (unpaired) electrons. The lowest BCUT2D eigenvalue weighted by Gasteiger charge is -2.09. The average molecular weight is 372 g/mol. The van der Waals surface area contributed by atoms with E-state index in [0.717, 1.165) is 0 Å². The third kappa shape index (κ3) is 4.91. The topological polar surface area (TPSA) is 107 Å². The number of anilines is 1. The van der Waals surface area contributed by atoms with Crippen molar-refractivity contribution in [3.63, 3.8) is 0 Å². The zero-order valence-electron chi connectivity index (χ0n) is 12.7. The predicted molar refractivity (Wildman–Crippen MR) is 92.5 cm³/mol. The number of nitrogens with two attached hydrogens (primary N) is 1. The maximum atomic E-state index is 12.2. The minimum atomic E-state index is -0.568. The molecule has 7 nitrogen and oxygen atoms in total. The fraction of sp³-hybridized carbons (Fsp3) is 0.385. The molecule has 0 aliphatic heterocycles. The number of hydrogen-bond donors (Lipinski definition) is 2. The number of carbonyl (C=O) groups excluding carboxylic acids is 2. The van der Waals surface area contributed by atoms with Gasteiger partial charge in [-0.25, -0.2) is 0 Å². The second-order valence-electron chi connectivity index (χ2n) is 4.78. The van der Waals surface area contributed by atoms with Crippen LogP contribution in [0, 0.1) is 0 Å². The smallest absolute Gasteiger partial charge is 0.295 e. The number of thiophene rings is 1. The normalized spacial score (nSPS) is 12.2. The van der Waals surface area contributed by atoms with Crippen LogP contribution in [0.2, 0.25) is 0 Å². The first kappa shape index (κ1) is 17.7. The Labute approximate surface area is 145 Å². The zero-order chi connectivity index (χ0) is 17.0. The summed E-state index contributed by atoms with van der Waals surface area (Å²) < 4.78 is 6.09. The van der Waals surface area contributed by atoms with Crippen molar-refractivity contribution in [3.05, 3.63) is 17.0 Å².